The van der Waals surface area contributed by atoms with Crippen molar-refractivity contribution in [2.75, 3.05) is 0 Å². The Balaban J connectivity index is 1.89. The first-order valence-corrected chi connectivity index (χ1v) is 9.34. The van der Waals surface area contributed by atoms with E-state index in [0.717, 1.165) is 38.5 Å². The van der Waals surface area contributed by atoms with Gasteiger partial charge in [0.25, 0.3) is 0 Å². The maximum atomic E-state index is 12.1. The molecule has 2 aliphatic rings. The molecule has 1 amide bonds. The van der Waals surface area contributed by atoms with Gasteiger partial charge >= 0.3 is 6.09 Å². The molecule has 2 unspecified atom stereocenters. The van der Waals surface area contributed by atoms with E-state index in [9.17, 15) is 4.79 Å². The minimum absolute atomic E-state index is 0.169. The molecule has 0 heterocycles. The lowest BCUT2D eigenvalue weighted by molar-refractivity contribution is 0.0487. The molecule has 2 fully saturated rings. The maximum absolute atomic E-state index is 12.1. The Morgan fingerprint density at radius 2 is 1.57 bits per heavy atom. The van der Waals surface area contributed by atoms with Crippen molar-refractivity contribution in [3.63, 3.8) is 0 Å². The van der Waals surface area contributed by atoms with Crippen LogP contribution in [0.5, 0.6) is 0 Å². The standard InChI is InChI=1S/C18H35N3O2/c1-18(2,3)23-17(22)21-16-8-6-4-5-7-15(16)20-14-11-9-13(19)10-12-14/h13-16,20H,4-12,19H2,1-3H3,(H,21,22). The number of carbonyl (C=O) groups is 1. The predicted octanol–water partition coefficient (Wildman–Crippen LogP) is 3.07. The van der Waals surface area contributed by atoms with E-state index in [2.05, 4.69) is 10.6 Å². The lowest BCUT2D eigenvalue weighted by Crippen LogP contribution is -2.54. The number of alkyl carbamates (subject to hydrolysis) is 1. The highest BCUT2D eigenvalue weighted by atomic mass is 16.6. The highest BCUT2D eigenvalue weighted by Gasteiger charge is 2.29. The minimum atomic E-state index is -0.447. The average Bonchev–Trinajstić information content (AvgIpc) is 2.65. The fraction of sp³-hybridized carbons (Fsp3) is 0.944. The van der Waals surface area contributed by atoms with Crippen LogP contribution in [0.4, 0.5) is 4.79 Å². The van der Waals surface area contributed by atoms with Crippen molar-refractivity contribution in [1.29, 1.82) is 0 Å². The van der Waals surface area contributed by atoms with E-state index in [1.165, 1.54) is 19.3 Å². The number of carbonyl (C=O) groups excluding carboxylic acids is 1. The van der Waals surface area contributed by atoms with E-state index >= 15 is 0 Å². The summed E-state index contributed by atoms with van der Waals surface area (Å²) < 4.78 is 5.44. The summed E-state index contributed by atoms with van der Waals surface area (Å²) in [6.45, 7) is 5.71. The van der Waals surface area contributed by atoms with Crippen molar-refractivity contribution in [3.8, 4) is 0 Å². The second kappa shape index (κ2) is 8.34. The molecule has 5 heteroatoms. The molecule has 0 aromatic rings. The summed E-state index contributed by atoms with van der Waals surface area (Å²) in [6.07, 6.45) is 10.0. The summed E-state index contributed by atoms with van der Waals surface area (Å²) in [7, 11) is 0. The van der Waals surface area contributed by atoms with Gasteiger partial charge in [-0.25, -0.2) is 4.79 Å². The average molecular weight is 325 g/mol. The molecule has 0 aromatic heterocycles. The van der Waals surface area contributed by atoms with Gasteiger partial charge in [-0.2, -0.15) is 0 Å². The molecule has 4 N–H and O–H groups in total. The van der Waals surface area contributed by atoms with Crippen LogP contribution in [-0.4, -0.2) is 35.9 Å². The largest absolute Gasteiger partial charge is 0.444 e. The van der Waals surface area contributed by atoms with Crippen LogP contribution in [0.2, 0.25) is 0 Å². The van der Waals surface area contributed by atoms with Crippen LogP contribution in [0, 0.1) is 0 Å². The third kappa shape index (κ3) is 6.68. The third-order valence-corrected chi connectivity index (χ3v) is 4.94. The van der Waals surface area contributed by atoms with Crippen molar-refractivity contribution in [1.82, 2.24) is 10.6 Å². The zero-order valence-electron chi connectivity index (χ0n) is 15.1. The van der Waals surface area contributed by atoms with E-state index in [1.807, 2.05) is 20.8 Å². The zero-order chi connectivity index (χ0) is 16.9. The van der Waals surface area contributed by atoms with Gasteiger partial charge in [0.05, 0.1) is 0 Å². The maximum Gasteiger partial charge on any atom is 0.407 e. The second-order valence-electron chi connectivity index (χ2n) is 8.28. The summed E-state index contributed by atoms with van der Waals surface area (Å²) in [5.41, 5.74) is 5.56. The van der Waals surface area contributed by atoms with Gasteiger partial charge in [0.2, 0.25) is 0 Å². The van der Waals surface area contributed by atoms with Crippen LogP contribution >= 0.6 is 0 Å². The van der Waals surface area contributed by atoms with Crippen LogP contribution in [-0.2, 0) is 4.74 Å². The van der Waals surface area contributed by atoms with E-state index in [1.54, 1.807) is 0 Å². The molecule has 0 radical (unpaired) electrons. The van der Waals surface area contributed by atoms with Gasteiger partial charge in [0.1, 0.15) is 5.60 Å². The Bertz CT molecular complexity index is 373. The van der Waals surface area contributed by atoms with E-state index in [0.29, 0.717) is 18.1 Å². The number of nitrogens with two attached hydrogens (primary N) is 1. The Labute approximate surface area is 141 Å². The highest BCUT2D eigenvalue weighted by Crippen LogP contribution is 2.23. The summed E-state index contributed by atoms with van der Waals surface area (Å²) >= 11 is 0. The van der Waals surface area contributed by atoms with Crippen molar-refractivity contribution < 1.29 is 9.53 Å². The van der Waals surface area contributed by atoms with E-state index in [-0.39, 0.29) is 12.1 Å². The SMILES string of the molecule is CC(C)(C)OC(=O)NC1CCCCCC1NC1CCC(N)CC1. The van der Waals surface area contributed by atoms with Gasteiger partial charge in [-0.3, -0.25) is 0 Å². The number of nitrogens with one attached hydrogen (secondary N) is 2. The molecule has 2 atom stereocenters. The van der Waals surface area contributed by atoms with Crippen LogP contribution in [0.3, 0.4) is 0 Å². The summed E-state index contributed by atoms with van der Waals surface area (Å²) in [5, 5.41) is 6.93. The molecular weight excluding hydrogens is 290 g/mol. The Hall–Kier alpha value is -0.810. The highest BCUT2D eigenvalue weighted by molar-refractivity contribution is 5.68. The number of hydrogen-bond acceptors (Lipinski definition) is 4. The van der Waals surface area contributed by atoms with Crippen molar-refractivity contribution in [3.05, 3.63) is 0 Å². The fourth-order valence-corrected chi connectivity index (χ4v) is 3.73. The lowest BCUT2D eigenvalue weighted by atomic mass is 9.90. The molecule has 0 bridgehead atoms. The zero-order valence-corrected chi connectivity index (χ0v) is 15.1. The summed E-state index contributed by atoms with van der Waals surface area (Å²) in [6, 6.07) is 1.44. The molecule has 5 nitrogen and oxygen atoms in total. The fourth-order valence-electron chi connectivity index (χ4n) is 3.73. The normalized spacial score (nSPS) is 32.9. The molecule has 0 aromatic carbocycles. The molecule has 134 valence electrons. The third-order valence-electron chi connectivity index (χ3n) is 4.94. The van der Waals surface area contributed by atoms with E-state index in [4.69, 9.17) is 10.5 Å². The first-order chi connectivity index (χ1) is 10.8. The minimum Gasteiger partial charge on any atom is -0.444 e. The Morgan fingerprint density at radius 1 is 0.957 bits per heavy atom. The Kier molecular flexibility index (Phi) is 6.72. The summed E-state index contributed by atoms with van der Waals surface area (Å²) in [5.74, 6) is 0. The number of rotatable bonds is 3. The van der Waals surface area contributed by atoms with Crippen molar-refractivity contribution in [2.45, 2.75) is 108 Å². The van der Waals surface area contributed by atoms with Gasteiger partial charge in [0.15, 0.2) is 0 Å². The van der Waals surface area contributed by atoms with Crippen LogP contribution in [0.25, 0.3) is 0 Å². The first-order valence-electron chi connectivity index (χ1n) is 9.34. The molecular formula is C18H35N3O2. The molecule has 2 saturated carbocycles. The molecule has 0 saturated heterocycles. The van der Waals surface area contributed by atoms with Crippen molar-refractivity contribution >= 4 is 6.09 Å². The molecule has 2 rings (SSSR count). The second-order valence-corrected chi connectivity index (χ2v) is 8.28. The topological polar surface area (TPSA) is 76.4 Å². The smallest absolute Gasteiger partial charge is 0.407 e. The first kappa shape index (κ1) is 18.5. The van der Waals surface area contributed by atoms with Crippen LogP contribution in [0.1, 0.15) is 78.6 Å². The molecule has 0 spiro atoms. The predicted molar refractivity (Wildman–Crippen MR) is 93.4 cm³/mol. The monoisotopic (exact) mass is 325 g/mol. The van der Waals surface area contributed by atoms with Gasteiger partial charge in [-0.1, -0.05) is 19.3 Å². The number of amides is 1. The van der Waals surface area contributed by atoms with Gasteiger partial charge in [0, 0.05) is 24.2 Å². The summed E-state index contributed by atoms with van der Waals surface area (Å²) in [4.78, 5) is 12.1. The van der Waals surface area contributed by atoms with E-state index < -0.39 is 5.60 Å². The molecule has 2 aliphatic carbocycles. The molecule has 0 aliphatic heterocycles. The van der Waals surface area contributed by atoms with Crippen LogP contribution in [0.15, 0.2) is 0 Å². The number of hydrogen-bond donors (Lipinski definition) is 3. The quantitative estimate of drug-likeness (QED) is 0.697. The number of ether oxygens (including phenoxy) is 1. The van der Waals surface area contributed by atoms with Crippen LogP contribution < -0.4 is 16.4 Å². The van der Waals surface area contributed by atoms with Gasteiger partial charge in [-0.05, 0) is 59.3 Å². The Morgan fingerprint density at radius 3 is 2.17 bits per heavy atom. The van der Waals surface area contributed by atoms with Gasteiger partial charge < -0.3 is 21.1 Å². The molecule has 23 heavy (non-hydrogen) atoms. The lowest BCUT2D eigenvalue weighted by Gasteiger charge is -2.34. The van der Waals surface area contributed by atoms with Crippen molar-refractivity contribution in [2.24, 2.45) is 5.73 Å². The van der Waals surface area contributed by atoms with Gasteiger partial charge in [-0.15, -0.1) is 0 Å².